The summed E-state index contributed by atoms with van der Waals surface area (Å²) in [6, 6.07) is 2.13. The van der Waals surface area contributed by atoms with Crippen LogP contribution in [-0.4, -0.2) is 10.3 Å². The average molecular weight is 264 g/mol. The van der Waals surface area contributed by atoms with Gasteiger partial charge in [0, 0.05) is 12.0 Å². The summed E-state index contributed by atoms with van der Waals surface area (Å²) in [4.78, 5) is 0. The van der Waals surface area contributed by atoms with Gasteiger partial charge in [-0.1, -0.05) is 19.1 Å². The predicted octanol–water partition coefficient (Wildman–Crippen LogP) is 1.63. The summed E-state index contributed by atoms with van der Waals surface area (Å²) < 4.78 is 7.46. The van der Waals surface area contributed by atoms with Gasteiger partial charge >= 0.3 is 0 Å². The maximum absolute atomic E-state index is 9.26. The van der Waals surface area contributed by atoms with Gasteiger partial charge in [-0.25, -0.2) is 4.68 Å². The lowest BCUT2D eigenvalue weighted by Crippen LogP contribution is -2.36. The quantitative estimate of drug-likeness (QED) is 0.594. The van der Waals surface area contributed by atoms with Gasteiger partial charge in [-0.2, -0.15) is 5.26 Å². The third-order valence-electron chi connectivity index (χ3n) is 3.63. The number of pyridine rings is 1. The van der Waals surface area contributed by atoms with Gasteiger partial charge in [0.15, 0.2) is 0 Å². The number of aromatic nitrogens is 1. The Labute approximate surface area is 111 Å². The Balaban J connectivity index is 2.71. The fourth-order valence-electron chi connectivity index (χ4n) is 2.18. The number of anilines is 1. The molecule has 0 aromatic carbocycles. The molecule has 0 saturated carbocycles. The molecule has 0 saturated heterocycles. The second-order valence-corrected chi connectivity index (χ2v) is 5.16. The maximum Gasteiger partial charge on any atom is 0.141 e. The Morgan fingerprint density at radius 3 is 2.78 bits per heavy atom. The summed E-state index contributed by atoms with van der Waals surface area (Å²) in [6.07, 6.45) is 1.50. The summed E-state index contributed by atoms with van der Waals surface area (Å²) in [5, 5.41) is 9.26. The predicted molar refractivity (Wildman–Crippen MR) is 71.7 cm³/mol. The lowest BCUT2D eigenvalue weighted by Gasteiger charge is -2.35. The molecule has 1 atom stereocenters. The molecule has 0 bridgehead atoms. The van der Waals surface area contributed by atoms with Crippen molar-refractivity contribution in [1.82, 2.24) is 4.68 Å². The number of hydrogen-bond acceptors (Lipinski definition) is 5. The Hall–Kier alpha value is -1.58. The number of nitrogens with zero attached hydrogens (tertiary/aromatic N) is 2. The van der Waals surface area contributed by atoms with E-state index >= 15 is 0 Å². The monoisotopic (exact) mass is 264 g/mol. The largest absolute Gasteiger partial charge is 0.383 e. The third-order valence-corrected chi connectivity index (χ3v) is 4.08. The summed E-state index contributed by atoms with van der Waals surface area (Å²) in [6.45, 7) is 4.46. The van der Waals surface area contributed by atoms with Crippen molar-refractivity contribution in [1.29, 1.82) is 5.26 Å². The highest BCUT2D eigenvalue weighted by Gasteiger charge is 2.33. The lowest BCUT2D eigenvalue weighted by molar-refractivity contribution is -0.0568. The first-order valence-corrected chi connectivity index (χ1v) is 6.19. The first kappa shape index (κ1) is 12.9. The maximum atomic E-state index is 9.26. The number of nitrogens with two attached hydrogens (primary N) is 2. The van der Waals surface area contributed by atoms with Gasteiger partial charge in [-0.05, 0) is 18.9 Å². The molecule has 0 spiro atoms. The number of ether oxygens (including phenoxy) is 1. The van der Waals surface area contributed by atoms with Gasteiger partial charge in [0.25, 0.3) is 0 Å². The Morgan fingerprint density at radius 1 is 1.56 bits per heavy atom. The van der Waals surface area contributed by atoms with E-state index in [4.69, 9.17) is 28.5 Å². The summed E-state index contributed by atoms with van der Waals surface area (Å²) in [5.74, 6) is 5.99. The molecule has 1 aliphatic rings. The molecule has 0 unspecified atom stereocenters. The van der Waals surface area contributed by atoms with Gasteiger partial charge in [0.1, 0.15) is 16.5 Å². The Morgan fingerprint density at radius 2 is 2.22 bits per heavy atom. The van der Waals surface area contributed by atoms with Crippen molar-refractivity contribution in [2.75, 3.05) is 11.6 Å². The minimum atomic E-state index is -0.270. The molecule has 0 aliphatic carbocycles. The van der Waals surface area contributed by atoms with Crippen LogP contribution in [0.5, 0.6) is 0 Å². The molecular formula is C12H16N4OS. The fraction of sp³-hybridized carbons (Fsp3) is 0.500. The number of nitriles is 1. The van der Waals surface area contributed by atoms with Gasteiger partial charge in [0.2, 0.25) is 0 Å². The minimum absolute atomic E-state index is 0.224. The highest BCUT2D eigenvalue weighted by atomic mass is 32.1. The molecule has 0 amide bonds. The van der Waals surface area contributed by atoms with Crippen molar-refractivity contribution in [2.45, 2.75) is 38.9 Å². The number of nitrogen functional groups attached to an aromatic ring is 2. The zero-order chi connectivity index (χ0) is 13.5. The number of hydrogen-bond donors (Lipinski definition) is 2. The van der Waals surface area contributed by atoms with Gasteiger partial charge in [-0.3, -0.25) is 0 Å². The second-order valence-electron chi connectivity index (χ2n) is 4.77. The van der Waals surface area contributed by atoms with Crippen molar-refractivity contribution in [3.05, 3.63) is 21.3 Å². The van der Waals surface area contributed by atoms with Crippen LogP contribution in [0.1, 0.15) is 37.0 Å². The number of rotatable bonds is 1. The second kappa shape index (κ2) is 4.26. The Kier molecular flexibility index (Phi) is 3.05. The molecule has 1 aliphatic heterocycles. The van der Waals surface area contributed by atoms with E-state index < -0.39 is 0 Å². The zero-order valence-corrected chi connectivity index (χ0v) is 11.3. The molecule has 6 heteroatoms. The fourth-order valence-corrected chi connectivity index (χ4v) is 2.46. The SMILES string of the molecule is CC[C@@]1(C)Cc2c(C#N)c(N)n(N)c(=S)c2CO1. The van der Waals surface area contributed by atoms with E-state index in [0.717, 1.165) is 17.5 Å². The van der Waals surface area contributed by atoms with E-state index in [9.17, 15) is 5.26 Å². The van der Waals surface area contributed by atoms with Crippen LogP contribution in [0.25, 0.3) is 0 Å². The minimum Gasteiger partial charge on any atom is -0.383 e. The molecule has 1 aromatic rings. The molecule has 2 heterocycles. The van der Waals surface area contributed by atoms with E-state index in [2.05, 4.69) is 13.0 Å². The van der Waals surface area contributed by atoms with E-state index in [-0.39, 0.29) is 11.4 Å². The first-order valence-electron chi connectivity index (χ1n) is 5.79. The van der Waals surface area contributed by atoms with Crippen molar-refractivity contribution in [3.63, 3.8) is 0 Å². The van der Waals surface area contributed by atoms with E-state index in [0.29, 0.717) is 23.2 Å². The van der Waals surface area contributed by atoms with Crippen molar-refractivity contribution in [3.8, 4) is 6.07 Å². The zero-order valence-electron chi connectivity index (χ0n) is 10.5. The van der Waals surface area contributed by atoms with Crippen molar-refractivity contribution >= 4 is 18.0 Å². The van der Waals surface area contributed by atoms with Crippen LogP contribution in [0, 0.1) is 16.0 Å². The van der Waals surface area contributed by atoms with Crippen molar-refractivity contribution in [2.24, 2.45) is 0 Å². The molecule has 96 valence electrons. The van der Waals surface area contributed by atoms with Crippen LogP contribution in [0.4, 0.5) is 5.82 Å². The summed E-state index contributed by atoms with van der Waals surface area (Å²) in [7, 11) is 0. The lowest BCUT2D eigenvalue weighted by atomic mass is 9.87. The Bertz CT molecular complexity index is 602. The van der Waals surface area contributed by atoms with Crippen LogP contribution in [0.15, 0.2) is 0 Å². The highest BCUT2D eigenvalue weighted by molar-refractivity contribution is 7.71. The van der Waals surface area contributed by atoms with Crippen LogP contribution in [0.3, 0.4) is 0 Å². The molecule has 0 radical (unpaired) electrons. The molecule has 2 rings (SSSR count). The molecular weight excluding hydrogens is 248 g/mol. The van der Waals surface area contributed by atoms with Gasteiger partial charge < -0.3 is 16.3 Å². The number of fused-ring (bicyclic) bond motifs is 1. The molecule has 5 nitrogen and oxygen atoms in total. The van der Waals surface area contributed by atoms with Crippen LogP contribution < -0.4 is 11.6 Å². The topological polar surface area (TPSA) is 90.0 Å². The molecule has 18 heavy (non-hydrogen) atoms. The van der Waals surface area contributed by atoms with Crippen molar-refractivity contribution < 1.29 is 4.74 Å². The van der Waals surface area contributed by atoms with Crippen LogP contribution in [0.2, 0.25) is 0 Å². The third kappa shape index (κ3) is 1.76. The van der Waals surface area contributed by atoms with Crippen LogP contribution in [-0.2, 0) is 17.8 Å². The van der Waals surface area contributed by atoms with E-state index in [1.54, 1.807) is 0 Å². The molecule has 1 aromatic heterocycles. The normalized spacial score (nSPS) is 22.3. The van der Waals surface area contributed by atoms with Crippen LogP contribution >= 0.6 is 12.2 Å². The summed E-state index contributed by atoms with van der Waals surface area (Å²) in [5.41, 5.74) is 7.70. The molecule has 0 fully saturated rings. The standard InChI is InChI=1S/C12H16N4OS/c1-3-12(2)4-7-8(5-13)10(14)16(15)11(18)9(7)6-17-12/h3-4,6,14-15H2,1-2H3/t12-/m0/s1. The van der Waals surface area contributed by atoms with E-state index in [1.807, 2.05) is 6.92 Å². The smallest absolute Gasteiger partial charge is 0.141 e. The first-order chi connectivity index (χ1) is 8.43. The summed E-state index contributed by atoms with van der Waals surface area (Å²) >= 11 is 5.25. The van der Waals surface area contributed by atoms with Gasteiger partial charge in [0.05, 0.1) is 17.8 Å². The molecule has 4 N–H and O–H groups in total. The van der Waals surface area contributed by atoms with E-state index in [1.165, 1.54) is 4.68 Å². The highest BCUT2D eigenvalue weighted by Crippen LogP contribution is 2.34. The van der Waals surface area contributed by atoms with Gasteiger partial charge in [-0.15, -0.1) is 0 Å². The average Bonchev–Trinajstić information content (AvgIpc) is 2.37.